The van der Waals surface area contributed by atoms with Gasteiger partial charge in [-0.05, 0) is 55.2 Å². The molecule has 0 saturated heterocycles. The maximum atomic E-state index is 10.0. The van der Waals surface area contributed by atoms with Crippen LogP contribution in [0.2, 0.25) is 10.0 Å². The zero-order valence-electron chi connectivity index (χ0n) is 22.7. The van der Waals surface area contributed by atoms with Crippen LogP contribution in [-0.4, -0.2) is 20.0 Å². The number of hydrogen-bond donors (Lipinski definition) is 2. The van der Waals surface area contributed by atoms with Crippen molar-refractivity contribution in [2.45, 2.75) is 44.3 Å². The third kappa shape index (κ3) is 5.47. The lowest BCUT2D eigenvalue weighted by molar-refractivity contribution is 0.610. The summed E-state index contributed by atoms with van der Waals surface area (Å²) in [6.45, 7) is 2.10. The summed E-state index contributed by atoms with van der Waals surface area (Å²) >= 11 is 13.5. The predicted octanol–water partition coefficient (Wildman–Crippen LogP) is 7.98. The van der Waals surface area contributed by atoms with Crippen LogP contribution in [0.4, 0.5) is 11.4 Å². The predicted molar refractivity (Wildman–Crippen MR) is 164 cm³/mol. The molecule has 6 rings (SSSR count). The fourth-order valence-corrected chi connectivity index (χ4v) is 5.61. The molecule has 2 heterocycles. The number of halogens is 2. The standard InChI is InChI=1S/C32H26Cl2N8/c1-2-28(20-6-4-3-5-7-20)39-30-21(16-36)17-37-31-25(30)13-22(14-27(31)34)38-32(24-12-19(15-35)8-11-26(24)33)29-18-42(41-40-29)23-9-10-23/h3-8,11-14,17-18,23,28,32,38H,2,9-10H2,1H3,(H,37,39)/t28-,32+/m1/s1. The Hall–Kier alpha value is -4.63. The van der Waals surface area contributed by atoms with E-state index >= 15 is 0 Å². The van der Waals surface area contributed by atoms with Gasteiger partial charge in [0, 0.05) is 27.9 Å². The van der Waals surface area contributed by atoms with Crippen LogP contribution in [0.1, 0.15) is 72.3 Å². The highest BCUT2D eigenvalue weighted by Crippen LogP contribution is 2.39. The topological polar surface area (TPSA) is 115 Å². The monoisotopic (exact) mass is 592 g/mol. The van der Waals surface area contributed by atoms with Crippen molar-refractivity contribution >= 4 is 45.5 Å². The first-order valence-corrected chi connectivity index (χ1v) is 14.5. The van der Waals surface area contributed by atoms with Crippen LogP contribution in [0, 0.1) is 22.7 Å². The second kappa shape index (κ2) is 11.7. The van der Waals surface area contributed by atoms with Crippen molar-refractivity contribution in [3.8, 4) is 12.1 Å². The number of anilines is 2. The van der Waals surface area contributed by atoms with Crippen molar-refractivity contribution in [2.75, 3.05) is 10.6 Å². The number of nitrogens with zero attached hydrogens (tertiary/aromatic N) is 6. The van der Waals surface area contributed by atoms with E-state index in [0.29, 0.717) is 60.7 Å². The van der Waals surface area contributed by atoms with Gasteiger partial charge in [-0.25, -0.2) is 4.68 Å². The van der Waals surface area contributed by atoms with Gasteiger partial charge in [0.1, 0.15) is 11.8 Å². The molecule has 1 aliphatic rings. The summed E-state index contributed by atoms with van der Waals surface area (Å²) in [4.78, 5) is 4.52. The number of aromatic nitrogens is 4. The summed E-state index contributed by atoms with van der Waals surface area (Å²) in [5.74, 6) is 0. The highest BCUT2D eigenvalue weighted by atomic mass is 35.5. The van der Waals surface area contributed by atoms with Gasteiger partial charge in [0.15, 0.2) is 0 Å². The lowest BCUT2D eigenvalue weighted by Crippen LogP contribution is -2.14. The van der Waals surface area contributed by atoms with E-state index in [4.69, 9.17) is 23.2 Å². The Balaban J connectivity index is 1.46. The van der Waals surface area contributed by atoms with Gasteiger partial charge in [-0.1, -0.05) is 65.7 Å². The molecule has 8 nitrogen and oxygen atoms in total. The number of nitriles is 2. The molecular formula is C32H26Cl2N8. The molecule has 1 aliphatic carbocycles. The SMILES string of the molecule is CC[C@@H](Nc1c(C#N)cnc2c(Cl)cc(N[C@H](c3cn(C4CC4)nn3)c3cc(C#N)ccc3Cl)cc12)c1ccccc1. The number of benzene rings is 3. The van der Waals surface area contributed by atoms with E-state index in [0.717, 1.165) is 24.8 Å². The third-order valence-corrected chi connectivity index (χ3v) is 8.10. The van der Waals surface area contributed by atoms with E-state index in [-0.39, 0.29) is 6.04 Å². The molecule has 2 N–H and O–H groups in total. The Labute approximate surface area is 253 Å². The first-order chi connectivity index (χ1) is 20.5. The average Bonchev–Trinajstić information content (AvgIpc) is 3.75. The number of hydrogen-bond acceptors (Lipinski definition) is 7. The van der Waals surface area contributed by atoms with Gasteiger partial charge in [-0.3, -0.25) is 4.98 Å². The van der Waals surface area contributed by atoms with Gasteiger partial charge in [0.25, 0.3) is 0 Å². The van der Waals surface area contributed by atoms with Gasteiger partial charge in [0.2, 0.25) is 0 Å². The molecule has 2 atom stereocenters. The highest BCUT2D eigenvalue weighted by Gasteiger charge is 2.28. The van der Waals surface area contributed by atoms with Gasteiger partial charge in [-0.2, -0.15) is 10.5 Å². The fourth-order valence-electron chi connectivity index (χ4n) is 5.12. The molecule has 42 heavy (non-hydrogen) atoms. The summed E-state index contributed by atoms with van der Waals surface area (Å²) in [6.07, 6.45) is 6.40. The van der Waals surface area contributed by atoms with Crippen molar-refractivity contribution in [3.05, 3.63) is 111 Å². The lowest BCUT2D eigenvalue weighted by atomic mass is 10.0. The molecule has 1 fully saturated rings. The summed E-state index contributed by atoms with van der Waals surface area (Å²) in [5.41, 5.74) is 5.26. The van der Waals surface area contributed by atoms with Crippen LogP contribution in [-0.2, 0) is 0 Å². The van der Waals surface area contributed by atoms with Crippen LogP contribution in [0.25, 0.3) is 10.9 Å². The van der Waals surface area contributed by atoms with Crippen molar-refractivity contribution in [1.82, 2.24) is 20.0 Å². The second-order valence-electron chi connectivity index (χ2n) is 10.3. The number of pyridine rings is 1. The largest absolute Gasteiger partial charge is 0.377 e. The average molecular weight is 594 g/mol. The Morgan fingerprint density at radius 1 is 1.00 bits per heavy atom. The maximum absolute atomic E-state index is 10.0. The lowest BCUT2D eigenvalue weighted by Gasteiger charge is -2.23. The van der Waals surface area contributed by atoms with Gasteiger partial charge < -0.3 is 10.6 Å². The third-order valence-electron chi connectivity index (χ3n) is 7.47. The van der Waals surface area contributed by atoms with Crippen molar-refractivity contribution in [2.24, 2.45) is 0 Å². The van der Waals surface area contributed by atoms with Gasteiger partial charge in [0.05, 0.1) is 57.7 Å². The number of rotatable bonds is 9. The van der Waals surface area contributed by atoms with E-state index in [2.05, 4.69) is 57.1 Å². The molecule has 0 unspecified atom stereocenters. The summed E-state index contributed by atoms with van der Waals surface area (Å²) in [6, 6.07) is 23.2. The first kappa shape index (κ1) is 27.5. The van der Waals surface area contributed by atoms with Gasteiger partial charge >= 0.3 is 0 Å². The molecule has 0 radical (unpaired) electrons. The van der Waals surface area contributed by atoms with Crippen LogP contribution < -0.4 is 10.6 Å². The normalized spacial score (nSPS) is 14.1. The molecular weight excluding hydrogens is 567 g/mol. The minimum atomic E-state index is -0.525. The smallest absolute Gasteiger partial charge is 0.110 e. The number of nitrogens with one attached hydrogen (secondary N) is 2. The molecule has 5 aromatic rings. The molecule has 2 aromatic heterocycles. The first-order valence-electron chi connectivity index (χ1n) is 13.7. The van der Waals surface area contributed by atoms with Crippen LogP contribution in [0.15, 0.2) is 73.1 Å². The zero-order valence-corrected chi connectivity index (χ0v) is 24.2. The van der Waals surface area contributed by atoms with E-state index in [9.17, 15) is 10.5 Å². The molecule has 0 amide bonds. The van der Waals surface area contributed by atoms with E-state index < -0.39 is 6.04 Å². The highest BCUT2D eigenvalue weighted by molar-refractivity contribution is 6.36. The molecule has 208 valence electrons. The zero-order chi connectivity index (χ0) is 29.2. The van der Waals surface area contributed by atoms with Crippen LogP contribution >= 0.6 is 23.2 Å². The van der Waals surface area contributed by atoms with Crippen molar-refractivity contribution < 1.29 is 0 Å². The summed E-state index contributed by atoms with van der Waals surface area (Å²) in [7, 11) is 0. The Morgan fingerprint density at radius 2 is 1.81 bits per heavy atom. The summed E-state index contributed by atoms with van der Waals surface area (Å²) < 4.78 is 1.87. The van der Waals surface area contributed by atoms with Crippen molar-refractivity contribution in [3.63, 3.8) is 0 Å². The molecule has 0 aliphatic heterocycles. The molecule has 0 spiro atoms. The van der Waals surface area contributed by atoms with Gasteiger partial charge in [-0.15, -0.1) is 5.10 Å². The van der Waals surface area contributed by atoms with E-state index in [1.165, 1.54) is 0 Å². The minimum Gasteiger partial charge on any atom is -0.377 e. The van der Waals surface area contributed by atoms with Crippen LogP contribution in [0.3, 0.4) is 0 Å². The fraction of sp³-hybridized carbons (Fsp3) is 0.219. The molecule has 3 aromatic carbocycles. The van der Waals surface area contributed by atoms with E-state index in [1.807, 2.05) is 35.1 Å². The Morgan fingerprint density at radius 3 is 2.52 bits per heavy atom. The minimum absolute atomic E-state index is 0.0305. The Bertz CT molecular complexity index is 1850. The number of fused-ring (bicyclic) bond motifs is 1. The van der Waals surface area contributed by atoms with Crippen LogP contribution in [0.5, 0.6) is 0 Å². The molecule has 1 saturated carbocycles. The Kier molecular flexibility index (Phi) is 7.67. The van der Waals surface area contributed by atoms with E-state index in [1.54, 1.807) is 30.5 Å². The molecule has 0 bridgehead atoms. The quantitative estimate of drug-likeness (QED) is 0.178. The van der Waals surface area contributed by atoms with Crippen molar-refractivity contribution in [1.29, 1.82) is 10.5 Å². The maximum Gasteiger partial charge on any atom is 0.110 e. The second-order valence-corrected chi connectivity index (χ2v) is 11.1. The summed E-state index contributed by atoms with van der Waals surface area (Å²) in [5, 5.41) is 37.2. The molecule has 10 heteroatoms.